The van der Waals surface area contributed by atoms with Gasteiger partial charge in [0, 0.05) is 18.4 Å². The molecule has 0 N–H and O–H groups in total. The first-order valence-corrected chi connectivity index (χ1v) is 9.94. The van der Waals surface area contributed by atoms with Gasteiger partial charge in [-0.3, -0.25) is 14.5 Å². The van der Waals surface area contributed by atoms with E-state index in [2.05, 4.69) is 12.2 Å². The molecular weight excluding hydrogens is 298 g/mol. The van der Waals surface area contributed by atoms with Gasteiger partial charge < -0.3 is 0 Å². The highest BCUT2D eigenvalue weighted by atomic mass is 16.2. The molecule has 6 bridgehead atoms. The summed E-state index contributed by atoms with van der Waals surface area (Å²) in [6, 6.07) is 0. The Kier molecular flexibility index (Phi) is 2.55. The fourth-order valence-corrected chi connectivity index (χ4v) is 7.68. The molecule has 2 amide bonds. The summed E-state index contributed by atoms with van der Waals surface area (Å²) in [6.45, 7) is 2.45. The van der Waals surface area contributed by atoms with Crippen LogP contribution in [0.2, 0.25) is 0 Å². The number of carbonyl (C=O) groups excluding carboxylic acids is 2. The molecule has 24 heavy (non-hydrogen) atoms. The minimum absolute atomic E-state index is 0.0767. The largest absolute Gasteiger partial charge is 0.282 e. The third kappa shape index (κ3) is 1.46. The van der Waals surface area contributed by atoms with E-state index >= 15 is 0 Å². The van der Waals surface area contributed by atoms with Crippen molar-refractivity contribution < 1.29 is 9.59 Å². The van der Waals surface area contributed by atoms with E-state index in [1.54, 1.807) is 5.57 Å². The van der Waals surface area contributed by atoms with E-state index in [-0.39, 0.29) is 35.5 Å². The highest BCUT2D eigenvalue weighted by Gasteiger charge is 2.62. The number of hydrogen-bond donors (Lipinski definition) is 0. The second kappa shape index (κ2) is 4.42. The maximum atomic E-state index is 12.8. The molecule has 0 unspecified atom stereocenters. The van der Waals surface area contributed by atoms with Gasteiger partial charge in [0.15, 0.2) is 0 Å². The fraction of sp³-hybridized carbons (Fsp3) is 0.714. The zero-order chi connectivity index (χ0) is 16.2. The highest BCUT2D eigenvalue weighted by Crippen LogP contribution is 2.63. The highest BCUT2D eigenvalue weighted by molar-refractivity contribution is 6.07. The van der Waals surface area contributed by atoms with Crippen LogP contribution in [0, 0.1) is 47.3 Å². The normalized spacial score (nSPS) is 50.6. The fourth-order valence-electron chi connectivity index (χ4n) is 7.68. The van der Waals surface area contributed by atoms with Gasteiger partial charge in [-0.25, -0.2) is 0 Å². The number of rotatable bonds is 1. The molecule has 1 heterocycles. The molecule has 1 saturated heterocycles. The summed E-state index contributed by atoms with van der Waals surface area (Å²) in [5.74, 6) is 3.99. The summed E-state index contributed by atoms with van der Waals surface area (Å²) in [5.41, 5.74) is 3.26. The first-order valence-electron chi connectivity index (χ1n) is 9.94. The zero-order valence-electron chi connectivity index (χ0n) is 14.3. The summed E-state index contributed by atoms with van der Waals surface area (Å²) in [6.07, 6.45) is 11.5. The molecule has 7 aliphatic rings. The standard InChI is InChI=1S/C21H25NO2/c1-2-22-20(23)18-14-3-4-15(19(18)21(22)24)17(14)16-12-6-10-5-11(8-12)9-13(16)7-10/h3-4,10-15,18-19H,2,5-9H2,1H3/t10?,11?,12?,13?,14-,15-,18-,19-/m0/s1. The number of allylic oxidation sites excluding steroid dienone is 4. The van der Waals surface area contributed by atoms with Crippen molar-refractivity contribution in [2.45, 2.75) is 39.0 Å². The number of hydrogen-bond acceptors (Lipinski definition) is 2. The monoisotopic (exact) mass is 323 g/mol. The van der Waals surface area contributed by atoms with Crippen LogP contribution < -0.4 is 0 Å². The quantitative estimate of drug-likeness (QED) is 0.549. The Balaban J connectivity index is 1.45. The van der Waals surface area contributed by atoms with Crippen molar-refractivity contribution in [3.05, 3.63) is 23.3 Å². The smallest absolute Gasteiger partial charge is 0.234 e. The lowest BCUT2D eigenvalue weighted by Gasteiger charge is -2.52. The first kappa shape index (κ1) is 13.9. The number of amides is 2. The molecule has 0 spiro atoms. The van der Waals surface area contributed by atoms with Crippen LogP contribution >= 0.6 is 0 Å². The van der Waals surface area contributed by atoms with E-state index in [9.17, 15) is 9.59 Å². The second-order valence-electron chi connectivity index (χ2n) is 9.12. The molecule has 0 aromatic heterocycles. The maximum Gasteiger partial charge on any atom is 0.234 e. The molecule has 1 aliphatic heterocycles. The Morgan fingerprint density at radius 1 is 0.833 bits per heavy atom. The van der Waals surface area contributed by atoms with Gasteiger partial charge in [-0.2, -0.15) is 0 Å². The second-order valence-corrected chi connectivity index (χ2v) is 9.12. The van der Waals surface area contributed by atoms with Crippen LogP contribution in [0.25, 0.3) is 0 Å². The van der Waals surface area contributed by atoms with Gasteiger partial charge in [-0.1, -0.05) is 23.3 Å². The van der Waals surface area contributed by atoms with Gasteiger partial charge in [0.2, 0.25) is 11.8 Å². The van der Waals surface area contributed by atoms with Gasteiger partial charge in [-0.05, 0) is 62.7 Å². The molecule has 3 nitrogen and oxygen atoms in total. The molecule has 126 valence electrons. The van der Waals surface area contributed by atoms with Crippen LogP contribution in [-0.2, 0) is 9.59 Å². The zero-order valence-corrected chi connectivity index (χ0v) is 14.3. The lowest BCUT2D eigenvalue weighted by atomic mass is 9.53. The summed E-state index contributed by atoms with van der Waals surface area (Å²) >= 11 is 0. The van der Waals surface area contributed by atoms with E-state index in [4.69, 9.17) is 0 Å². The Hall–Kier alpha value is -1.38. The topological polar surface area (TPSA) is 37.4 Å². The minimum atomic E-state index is -0.0767. The van der Waals surface area contributed by atoms with E-state index in [0.717, 1.165) is 23.7 Å². The van der Waals surface area contributed by atoms with Crippen LogP contribution in [0.5, 0.6) is 0 Å². The van der Waals surface area contributed by atoms with Gasteiger partial charge in [0.25, 0.3) is 0 Å². The minimum Gasteiger partial charge on any atom is -0.282 e. The predicted molar refractivity (Wildman–Crippen MR) is 89.6 cm³/mol. The van der Waals surface area contributed by atoms with Gasteiger partial charge >= 0.3 is 0 Å². The SMILES string of the molecule is CCN1C(=O)[C@@H]2[C@@H](C1=O)[C@H]1C=C[C@H]2C1=C1C2CC3CC(C2)CC1C3. The molecule has 6 aliphatic carbocycles. The summed E-state index contributed by atoms with van der Waals surface area (Å²) in [4.78, 5) is 27.1. The number of nitrogens with zero attached hydrogens (tertiary/aromatic N) is 1. The van der Waals surface area contributed by atoms with Crippen molar-refractivity contribution in [1.82, 2.24) is 4.90 Å². The Morgan fingerprint density at radius 3 is 1.79 bits per heavy atom. The average molecular weight is 323 g/mol. The van der Waals surface area contributed by atoms with Crippen molar-refractivity contribution in [1.29, 1.82) is 0 Å². The van der Waals surface area contributed by atoms with Crippen molar-refractivity contribution in [3.63, 3.8) is 0 Å². The molecule has 5 saturated carbocycles. The van der Waals surface area contributed by atoms with Gasteiger partial charge in [0.1, 0.15) is 0 Å². The van der Waals surface area contributed by atoms with Crippen molar-refractivity contribution in [3.8, 4) is 0 Å². The number of fused-ring (bicyclic) bond motifs is 5. The lowest BCUT2D eigenvalue weighted by Crippen LogP contribution is -2.41. The van der Waals surface area contributed by atoms with Crippen LogP contribution in [0.3, 0.4) is 0 Å². The molecule has 0 radical (unpaired) electrons. The van der Waals surface area contributed by atoms with Crippen LogP contribution in [0.1, 0.15) is 39.0 Å². The number of imide groups is 1. The molecule has 0 aromatic rings. The molecule has 7 rings (SSSR count). The predicted octanol–water partition coefficient (Wildman–Crippen LogP) is 3.18. The van der Waals surface area contributed by atoms with Crippen LogP contribution in [-0.4, -0.2) is 23.3 Å². The van der Waals surface area contributed by atoms with Gasteiger partial charge in [-0.15, -0.1) is 0 Å². The Morgan fingerprint density at radius 2 is 1.33 bits per heavy atom. The van der Waals surface area contributed by atoms with Crippen molar-refractivity contribution in [2.24, 2.45) is 47.3 Å². The maximum absolute atomic E-state index is 12.8. The number of likely N-dealkylation sites (tertiary alicyclic amines) is 1. The number of carbonyl (C=O) groups is 2. The van der Waals surface area contributed by atoms with Crippen molar-refractivity contribution in [2.75, 3.05) is 6.54 Å². The molecular formula is C21H25NO2. The molecule has 3 heteroatoms. The van der Waals surface area contributed by atoms with E-state index in [1.807, 2.05) is 6.92 Å². The van der Waals surface area contributed by atoms with E-state index in [1.165, 1.54) is 42.6 Å². The summed E-state index contributed by atoms with van der Waals surface area (Å²) < 4.78 is 0. The third-order valence-electron chi connectivity index (χ3n) is 8.17. The van der Waals surface area contributed by atoms with Gasteiger partial charge in [0.05, 0.1) is 11.8 Å². The van der Waals surface area contributed by atoms with Crippen molar-refractivity contribution >= 4 is 11.8 Å². The third-order valence-corrected chi connectivity index (χ3v) is 8.17. The molecule has 0 aromatic carbocycles. The summed E-state index contributed by atoms with van der Waals surface area (Å²) in [7, 11) is 0. The average Bonchev–Trinajstić information content (AvgIpc) is 3.17. The summed E-state index contributed by atoms with van der Waals surface area (Å²) in [5, 5.41) is 0. The molecule has 4 atom stereocenters. The first-order chi connectivity index (χ1) is 11.7. The van der Waals surface area contributed by atoms with E-state index in [0.29, 0.717) is 6.54 Å². The molecule has 6 fully saturated rings. The van der Waals surface area contributed by atoms with E-state index < -0.39 is 0 Å². The van der Waals surface area contributed by atoms with Crippen LogP contribution in [0.4, 0.5) is 0 Å². The lowest BCUT2D eigenvalue weighted by molar-refractivity contribution is -0.140. The van der Waals surface area contributed by atoms with Crippen LogP contribution in [0.15, 0.2) is 23.3 Å². The Bertz CT molecular complexity index is 653. The Labute approximate surface area is 143 Å².